The number of hydrogen-bond acceptors (Lipinski definition) is 5. The summed E-state index contributed by atoms with van der Waals surface area (Å²) < 4.78 is 16.5. The largest absolute Gasteiger partial charge is 0.493 e. The monoisotopic (exact) mass is 402 g/mol. The minimum absolute atomic E-state index is 0.163. The summed E-state index contributed by atoms with van der Waals surface area (Å²) in [5, 5.41) is 6.04. The Labute approximate surface area is 175 Å². The third-order valence-electron chi connectivity index (χ3n) is 4.81. The third kappa shape index (κ3) is 4.12. The fourth-order valence-corrected chi connectivity index (χ4v) is 3.29. The Morgan fingerprint density at radius 2 is 1.63 bits per heavy atom. The molecule has 3 aromatic carbocycles. The van der Waals surface area contributed by atoms with Gasteiger partial charge in [0.1, 0.15) is 11.5 Å². The van der Waals surface area contributed by atoms with E-state index in [1.807, 2.05) is 54.6 Å². The normalized spacial score (nSPS) is 13.0. The first-order chi connectivity index (χ1) is 14.7. The van der Waals surface area contributed by atoms with Gasteiger partial charge >= 0.3 is 0 Å². The zero-order chi connectivity index (χ0) is 20.9. The second kappa shape index (κ2) is 8.69. The average molecular weight is 402 g/mol. The highest BCUT2D eigenvalue weighted by molar-refractivity contribution is 6.04. The molecule has 0 bridgehead atoms. The van der Waals surface area contributed by atoms with Crippen LogP contribution in [0.4, 0.5) is 0 Å². The summed E-state index contributed by atoms with van der Waals surface area (Å²) in [6, 6.07) is 22.2. The molecule has 0 N–H and O–H groups in total. The van der Waals surface area contributed by atoms with E-state index >= 15 is 0 Å². The van der Waals surface area contributed by atoms with E-state index in [0.717, 1.165) is 17.0 Å². The lowest BCUT2D eigenvalue weighted by atomic mass is 10.1. The molecule has 0 atom stereocenters. The van der Waals surface area contributed by atoms with Crippen LogP contribution in [0.3, 0.4) is 0 Å². The van der Waals surface area contributed by atoms with Gasteiger partial charge in [-0.1, -0.05) is 24.3 Å². The Balaban J connectivity index is 1.52. The molecule has 6 heteroatoms. The number of amides is 1. The van der Waals surface area contributed by atoms with Crippen LogP contribution in [-0.2, 0) is 0 Å². The minimum Gasteiger partial charge on any atom is -0.493 e. The molecule has 0 unspecified atom stereocenters. The summed E-state index contributed by atoms with van der Waals surface area (Å²) >= 11 is 0. The summed E-state index contributed by atoms with van der Waals surface area (Å²) in [5.41, 5.74) is 2.27. The van der Waals surface area contributed by atoms with E-state index in [4.69, 9.17) is 14.2 Å². The zero-order valence-corrected chi connectivity index (χ0v) is 16.9. The number of hydrogen-bond donors (Lipinski definition) is 0. The number of carbonyl (C=O) groups is 1. The van der Waals surface area contributed by atoms with Crippen LogP contribution in [0.2, 0.25) is 0 Å². The van der Waals surface area contributed by atoms with Crippen molar-refractivity contribution in [1.29, 1.82) is 0 Å². The SMILES string of the molecule is COc1ccc(C2=NN(C(=O)c3cccc(Oc4ccccc4)c3)CC2)cc1OC. The smallest absolute Gasteiger partial charge is 0.274 e. The molecule has 1 amide bonds. The molecule has 152 valence electrons. The molecule has 1 heterocycles. The molecule has 1 aliphatic rings. The van der Waals surface area contributed by atoms with Crippen LogP contribution in [0, 0.1) is 0 Å². The summed E-state index contributed by atoms with van der Waals surface area (Å²) in [4.78, 5) is 13.0. The maximum Gasteiger partial charge on any atom is 0.274 e. The molecule has 0 aromatic heterocycles. The van der Waals surface area contributed by atoms with Crippen molar-refractivity contribution >= 4 is 11.6 Å². The van der Waals surface area contributed by atoms with Crippen LogP contribution < -0.4 is 14.2 Å². The fraction of sp³-hybridized carbons (Fsp3) is 0.167. The van der Waals surface area contributed by atoms with Crippen LogP contribution in [0.15, 0.2) is 77.9 Å². The van der Waals surface area contributed by atoms with Crippen molar-refractivity contribution in [1.82, 2.24) is 5.01 Å². The van der Waals surface area contributed by atoms with Gasteiger partial charge in [0.2, 0.25) is 0 Å². The van der Waals surface area contributed by atoms with Crippen molar-refractivity contribution in [3.8, 4) is 23.0 Å². The molecule has 0 saturated heterocycles. The second-order valence-corrected chi connectivity index (χ2v) is 6.74. The zero-order valence-electron chi connectivity index (χ0n) is 16.9. The van der Waals surface area contributed by atoms with E-state index in [0.29, 0.717) is 35.8 Å². The summed E-state index contributed by atoms with van der Waals surface area (Å²) in [7, 11) is 3.19. The Bertz CT molecular complexity index is 1080. The Morgan fingerprint density at radius 3 is 2.40 bits per heavy atom. The molecular formula is C24H22N2O4. The number of hydrazone groups is 1. The fourth-order valence-electron chi connectivity index (χ4n) is 3.29. The van der Waals surface area contributed by atoms with Gasteiger partial charge in [0.05, 0.1) is 26.5 Å². The summed E-state index contributed by atoms with van der Waals surface area (Å²) in [6.07, 6.45) is 0.668. The van der Waals surface area contributed by atoms with Gasteiger partial charge in [0, 0.05) is 17.5 Å². The highest BCUT2D eigenvalue weighted by atomic mass is 16.5. The molecular weight excluding hydrogens is 380 g/mol. The van der Waals surface area contributed by atoms with Gasteiger partial charge in [0.25, 0.3) is 5.91 Å². The van der Waals surface area contributed by atoms with Gasteiger partial charge < -0.3 is 14.2 Å². The minimum atomic E-state index is -0.163. The molecule has 30 heavy (non-hydrogen) atoms. The molecule has 1 aliphatic heterocycles. The lowest BCUT2D eigenvalue weighted by Gasteiger charge is -2.12. The first-order valence-electron chi connectivity index (χ1n) is 9.62. The molecule has 3 aromatic rings. The van der Waals surface area contributed by atoms with E-state index in [-0.39, 0.29) is 5.91 Å². The number of carbonyl (C=O) groups excluding carboxylic acids is 1. The quantitative estimate of drug-likeness (QED) is 0.597. The van der Waals surface area contributed by atoms with Crippen LogP contribution in [0.25, 0.3) is 0 Å². The van der Waals surface area contributed by atoms with Gasteiger partial charge in [-0.15, -0.1) is 0 Å². The van der Waals surface area contributed by atoms with Gasteiger partial charge in [-0.25, -0.2) is 5.01 Å². The van der Waals surface area contributed by atoms with E-state index in [2.05, 4.69) is 5.10 Å². The van der Waals surface area contributed by atoms with Gasteiger partial charge in [-0.3, -0.25) is 4.79 Å². The molecule has 0 spiro atoms. The Morgan fingerprint density at radius 1 is 0.867 bits per heavy atom. The number of nitrogens with zero attached hydrogens (tertiary/aromatic N) is 2. The maximum atomic E-state index is 13.0. The third-order valence-corrected chi connectivity index (χ3v) is 4.81. The number of para-hydroxylation sites is 1. The van der Waals surface area contributed by atoms with Gasteiger partial charge in [0.15, 0.2) is 11.5 Å². The Hall–Kier alpha value is -3.80. The van der Waals surface area contributed by atoms with Gasteiger partial charge in [-0.05, 0) is 48.5 Å². The van der Waals surface area contributed by atoms with E-state index in [1.165, 1.54) is 5.01 Å². The van der Waals surface area contributed by atoms with Crippen molar-refractivity contribution < 1.29 is 19.0 Å². The topological polar surface area (TPSA) is 60.4 Å². The van der Waals surface area contributed by atoms with Crippen molar-refractivity contribution in [2.24, 2.45) is 5.10 Å². The number of ether oxygens (including phenoxy) is 3. The summed E-state index contributed by atoms with van der Waals surface area (Å²) in [6.45, 7) is 0.520. The highest BCUT2D eigenvalue weighted by Crippen LogP contribution is 2.29. The predicted molar refractivity (Wildman–Crippen MR) is 115 cm³/mol. The second-order valence-electron chi connectivity index (χ2n) is 6.74. The van der Waals surface area contributed by atoms with Crippen LogP contribution in [0.5, 0.6) is 23.0 Å². The first kappa shape index (κ1) is 19.5. The van der Waals surface area contributed by atoms with Crippen molar-refractivity contribution in [3.63, 3.8) is 0 Å². The highest BCUT2D eigenvalue weighted by Gasteiger charge is 2.23. The molecule has 0 saturated carbocycles. The number of rotatable bonds is 6. The number of methoxy groups -OCH3 is 2. The molecule has 4 rings (SSSR count). The molecule has 0 aliphatic carbocycles. The molecule has 0 fully saturated rings. The van der Waals surface area contributed by atoms with Crippen molar-refractivity contribution in [2.45, 2.75) is 6.42 Å². The lowest BCUT2D eigenvalue weighted by Crippen LogP contribution is -2.23. The van der Waals surface area contributed by atoms with Crippen molar-refractivity contribution in [2.75, 3.05) is 20.8 Å². The van der Waals surface area contributed by atoms with Crippen LogP contribution >= 0.6 is 0 Å². The van der Waals surface area contributed by atoms with Crippen LogP contribution in [0.1, 0.15) is 22.3 Å². The Kier molecular flexibility index (Phi) is 5.66. The van der Waals surface area contributed by atoms with E-state index in [1.54, 1.807) is 32.4 Å². The molecule has 0 radical (unpaired) electrons. The summed E-state index contributed by atoms with van der Waals surface area (Å²) in [5.74, 6) is 2.45. The van der Waals surface area contributed by atoms with Crippen molar-refractivity contribution in [3.05, 3.63) is 83.9 Å². The first-order valence-corrected chi connectivity index (χ1v) is 9.62. The molecule has 6 nitrogen and oxygen atoms in total. The lowest BCUT2D eigenvalue weighted by molar-refractivity contribution is 0.0778. The predicted octanol–water partition coefficient (Wildman–Crippen LogP) is 4.75. The number of benzene rings is 3. The average Bonchev–Trinajstić information content (AvgIpc) is 3.29. The standard InChI is InChI=1S/C24H22N2O4/c1-28-22-12-11-17(16-23(22)29-2)21-13-14-26(25-21)24(27)18-7-6-10-20(15-18)30-19-8-4-3-5-9-19/h3-12,15-16H,13-14H2,1-2H3. The van der Waals surface area contributed by atoms with Gasteiger partial charge in [-0.2, -0.15) is 5.10 Å². The van der Waals surface area contributed by atoms with E-state index < -0.39 is 0 Å². The maximum absolute atomic E-state index is 13.0. The van der Waals surface area contributed by atoms with Crippen LogP contribution in [-0.4, -0.2) is 37.4 Å². The van der Waals surface area contributed by atoms with E-state index in [9.17, 15) is 4.79 Å².